The van der Waals surface area contributed by atoms with Crippen LogP contribution in [0.3, 0.4) is 0 Å². The SMILES string of the molecule is CCN1CCC(S(=O)(=O)NC(=O)Nc2c(-c3ccnc(OC)c3)cc(F)c3c2CCC3)CC1.[H-].[K+]. The van der Waals surface area contributed by atoms with Gasteiger partial charge in [0.1, 0.15) is 5.82 Å². The van der Waals surface area contributed by atoms with Gasteiger partial charge in [-0.25, -0.2) is 27.3 Å². The number of sulfonamides is 1. The monoisotopic (exact) mass is 516 g/mol. The van der Waals surface area contributed by atoms with E-state index in [0.29, 0.717) is 72.6 Å². The van der Waals surface area contributed by atoms with Crippen molar-refractivity contribution < 1.29 is 75.2 Å². The number of piperidine rings is 1. The third-order valence-corrected chi connectivity index (χ3v) is 8.32. The van der Waals surface area contributed by atoms with Crippen molar-refractivity contribution >= 4 is 21.7 Å². The zero-order valence-electron chi connectivity index (χ0n) is 20.9. The molecular weight excluding hydrogens is 486 g/mol. The van der Waals surface area contributed by atoms with E-state index < -0.39 is 21.3 Å². The van der Waals surface area contributed by atoms with Gasteiger partial charge in [-0.3, -0.25) is 0 Å². The Hall–Kier alpha value is -1.08. The van der Waals surface area contributed by atoms with Gasteiger partial charge in [0.15, 0.2) is 0 Å². The van der Waals surface area contributed by atoms with Crippen molar-refractivity contribution in [1.82, 2.24) is 14.6 Å². The van der Waals surface area contributed by atoms with Crippen molar-refractivity contribution in [2.24, 2.45) is 0 Å². The third-order valence-electron chi connectivity index (χ3n) is 6.50. The smallest absolute Gasteiger partial charge is 1.00 e. The maximum Gasteiger partial charge on any atom is 1.00 e. The Kier molecular flexibility index (Phi) is 9.52. The first kappa shape index (κ1) is 27.5. The van der Waals surface area contributed by atoms with Crippen molar-refractivity contribution in [3.05, 3.63) is 41.3 Å². The van der Waals surface area contributed by atoms with Gasteiger partial charge in [-0.2, -0.15) is 0 Å². The number of nitrogens with zero attached hydrogens (tertiary/aromatic N) is 2. The van der Waals surface area contributed by atoms with Crippen LogP contribution in [0.15, 0.2) is 24.4 Å². The predicted octanol–water partition coefficient (Wildman–Crippen LogP) is 0.437. The van der Waals surface area contributed by atoms with Gasteiger partial charge in [-0.15, -0.1) is 0 Å². The zero-order valence-corrected chi connectivity index (χ0v) is 23.8. The number of carbonyl (C=O) groups is 1. The van der Waals surface area contributed by atoms with Crippen LogP contribution in [0, 0.1) is 5.82 Å². The Morgan fingerprint density at radius 3 is 2.65 bits per heavy atom. The number of methoxy groups -OCH3 is 1. The molecule has 1 aliphatic carbocycles. The molecule has 0 radical (unpaired) electrons. The fourth-order valence-corrected chi connectivity index (χ4v) is 5.99. The second-order valence-electron chi connectivity index (χ2n) is 8.41. The number of nitrogens with one attached hydrogen (secondary N) is 2. The number of carbonyl (C=O) groups excluding carboxylic acids is 1. The Morgan fingerprint density at radius 1 is 1.26 bits per heavy atom. The summed E-state index contributed by atoms with van der Waals surface area (Å²) in [6, 6.07) is 3.89. The molecule has 1 aliphatic heterocycles. The van der Waals surface area contributed by atoms with E-state index >= 15 is 0 Å². The molecule has 1 aromatic carbocycles. The van der Waals surface area contributed by atoms with Crippen molar-refractivity contribution in [1.29, 1.82) is 0 Å². The molecular formula is C23H30FKN4O4S. The Morgan fingerprint density at radius 2 is 1.97 bits per heavy atom. The molecule has 180 valence electrons. The summed E-state index contributed by atoms with van der Waals surface area (Å²) in [5, 5.41) is 2.10. The van der Waals surface area contributed by atoms with Crippen molar-refractivity contribution in [2.75, 3.05) is 32.1 Å². The minimum Gasteiger partial charge on any atom is -1.00 e. The van der Waals surface area contributed by atoms with Gasteiger partial charge in [-0.05, 0) is 80.6 Å². The molecule has 8 nitrogen and oxygen atoms in total. The van der Waals surface area contributed by atoms with E-state index in [0.717, 1.165) is 13.0 Å². The molecule has 0 bridgehead atoms. The molecule has 2 aromatic rings. The van der Waals surface area contributed by atoms with Crippen LogP contribution in [0.1, 0.15) is 38.7 Å². The number of rotatable bonds is 6. The molecule has 1 saturated heterocycles. The summed E-state index contributed by atoms with van der Waals surface area (Å²) in [7, 11) is -2.35. The van der Waals surface area contributed by atoms with Gasteiger partial charge in [0.2, 0.25) is 15.9 Å². The van der Waals surface area contributed by atoms with Crippen LogP contribution in [0.5, 0.6) is 5.88 Å². The minimum atomic E-state index is -3.84. The van der Waals surface area contributed by atoms with Crippen LogP contribution in [0.4, 0.5) is 14.9 Å². The molecule has 4 rings (SSSR count). The number of hydrogen-bond donors (Lipinski definition) is 2. The maximum absolute atomic E-state index is 14.8. The summed E-state index contributed by atoms with van der Waals surface area (Å²) in [4.78, 5) is 19.1. The molecule has 2 N–H and O–H groups in total. The number of likely N-dealkylation sites (tertiary alicyclic amines) is 1. The van der Waals surface area contributed by atoms with E-state index in [9.17, 15) is 17.6 Å². The van der Waals surface area contributed by atoms with Crippen LogP contribution >= 0.6 is 0 Å². The van der Waals surface area contributed by atoms with Crippen LogP contribution in [0.2, 0.25) is 0 Å². The van der Waals surface area contributed by atoms with Crippen molar-refractivity contribution in [3.8, 4) is 17.0 Å². The standard InChI is InChI=1S/C23H29FN4O4S.K.H/c1-3-28-11-8-16(9-12-28)33(30,31)27-23(29)26-22-18-6-4-5-17(18)20(24)14-19(22)15-7-10-25-21(13-15)32-2;;/h7,10,13-14,16H,3-6,8-9,11-12H2,1-2H3,(H2,26,27,29);;/q;+1;-1. The second-order valence-corrected chi connectivity index (χ2v) is 10.4. The van der Waals surface area contributed by atoms with Crippen molar-refractivity contribution in [3.63, 3.8) is 0 Å². The summed E-state index contributed by atoms with van der Waals surface area (Å²) in [6.07, 6.45) is 4.43. The number of ether oxygens (including phenoxy) is 1. The van der Waals surface area contributed by atoms with Gasteiger partial charge in [0.25, 0.3) is 0 Å². The van der Waals surface area contributed by atoms with Gasteiger partial charge in [0.05, 0.1) is 18.0 Å². The van der Waals surface area contributed by atoms with E-state index in [2.05, 4.69) is 19.9 Å². The van der Waals surface area contributed by atoms with Gasteiger partial charge >= 0.3 is 57.4 Å². The number of benzene rings is 1. The summed E-state index contributed by atoms with van der Waals surface area (Å²) in [5.74, 6) is 0.0133. The number of aromatic nitrogens is 1. The average Bonchev–Trinajstić information content (AvgIpc) is 3.31. The topological polar surface area (TPSA) is 101 Å². The second kappa shape index (κ2) is 11.8. The fourth-order valence-electron chi connectivity index (χ4n) is 4.68. The van der Waals surface area contributed by atoms with E-state index in [1.165, 1.54) is 19.4 Å². The number of pyridine rings is 1. The molecule has 2 aliphatic rings. The number of amides is 2. The Bertz CT molecular complexity index is 1160. The van der Waals surface area contributed by atoms with E-state index in [1.54, 1.807) is 12.1 Å². The largest absolute Gasteiger partial charge is 1.00 e. The third kappa shape index (κ3) is 6.00. The quantitative estimate of drug-likeness (QED) is 0.541. The number of anilines is 1. The van der Waals surface area contributed by atoms with E-state index in [1.807, 2.05) is 6.92 Å². The van der Waals surface area contributed by atoms with Crippen LogP contribution < -0.4 is 66.2 Å². The molecule has 11 heteroatoms. The first-order valence-electron chi connectivity index (χ1n) is 11.2. The number of halogens is 1. The van der Waals surface area contributed by atoms with Crippen LogP contribution in [0.25, 0.3) is 11.1 Å². The molecule has 0 spiro atoms. The van der Waals surface area contributed by atoms with Crippen molar-refractivity contribution in [2.45, 2.75) is 44.3 Å². The number of fused-ring (bicyclic) bond motifs is 1. The summed E-state index contributed by atoms with van der Waals surface area (Å²) >= 11 is 0. The van der Waals surface area contributed by atoms with Gasteiger partial charge < -0.3 is 16.4 Å². The summed E-state index contributed by atoms with van der Waals surface area (Å²) < 4.78 is 47.9. The zero-order chi connectivity index (χ0) is 23.6. The number of urea groups is 1. The molecule has 0 atom stereocenters. The first-order chi connectivity index (χ1) is 15.8. The average molecular weight is 517 g/mol. The summed E-state index contributed by atoms with van der Waals surface area (Å²) in [6.45, 7) is 4.28. The molecule has 0 unspecified atom stereocenters. The molecule has 1 aromatic heterocycles. The fraction of sp³-hybridized carbons (Fsp3) is 0.478. The molecule has 2 heterocycles. The number of hydrogen-bond acceptors (Lipinski definition) is 6. The van der Waals surface area contributed by atoms with Gasteiger partial charge in [-0.1, -0.05) is 6.92 Å². The van der Waals surface area contributed by atoms with E-state index in [4.69, 9.17) is 4.74 Å². The maximum atomic E-state index is 14.8. The first-order valence-corrected chi connectivity index (χ1v) is 12.8. The normalized spacial score (nSPS) is 16.4. The molecule has 0 saturated carbocycles. The molecule has 34 heavy (non-hydrogen) atoms. The Labute approximate surface area is 244 Å². The summed E-state index contributed by atoms with van der Waals surface area (Å²) in [5.41, 5.74) is 2.75. The molecule has 2 amide bonds. The van der Waals surface area contributed by atoms with Crippen LogP contribution in [-0.4, -0.2) is 56.3 Å². The van der Waals surface area contributed by atoms with Crippen LogP contribution in [-0.2, 0) is 22.9 Å². The Balaban J connectivity index is 0.00000216. The molecule has 1 fully saturated rings. The van der Waals surface area contributed by atoms with Gasteiger partial charge in [0, 0.05) is 17.8 Å². The van der Waals surface area contributed by atoms with E-state index in [-0.39, 0.29) is 58.6 Å². The predicted molar refractivity (Wildman–Crippen MR) is 126 cm³/mol. The minimum absolute atomic E-state index is 0.